The Labute approximate surface area is 178 Å². The third kappa shape index (κ3) is 2.96. The first-order chi connectivity index (χ1) is 15.2. The van der Waals surface area contributed by atoms with Crippen LogP contribution in [0.3, 0.4) is 0 Å². The van der Waals surface area contributed by atoms with Crippen LogP contribution in [0.1, 0.15) is 19.1 Å². The van der Waals surface area contributed by atoms with Gasteiger partial charge in [-0.2, -0.15) is 4.98 Å². The number of hydrogen-bond acceptors (Lipinski definition) is 11. The average molecular weight is 441 g/mol. The number of aliphatic hydroxyl groups is 2. The molecule has 5 rings (SSSR count). The molecule has 13 nitrogen and oxygen atoms in total. The second-order valence-electron chi connectivity index (χ2n) is 7.96. The molecular formula is C19H19N7O6. The summed E-state index contributed by atoms with van der Waals surface area (Å²) in [5.74, 6) is 2.44. The summed E-state index contributed by atoms with van der Waals surface area (Å²) in [5.41, 5.74) is 3.28. The molecule has 32 heavy (non-hydrogen) atoms. The van der Waals surface area contributed by atoms with Crippen LogP contribution in [-0.2, 0) is 4.74 Å². The smallest absolute Gasteiger partial charge is 0.280 e. The Kier molecular flexibility index (Phi) is 4.35. The number of nitrogens with one attached hydrogen (secondary N) is 3. The van der Waals surface area contributed by atoms with Crippen molar-refractivity contribution in [3.63, 3.8) is 0 Å². The molecule has 2 aliphatic rings. The van der Waals surface area contributed by atoms with Crippen molar-refractivity contribution in [2.24, 2.45) is 0 Å². The van der Waals surface area contributed by atoms with Crippen LogP contribution >= 0.6 is 0 Å². The topological polar surface area (TPSA) is 197 Å². The normalized spacial score (nSPS) is 26.3. The summed E-state index contributed by atoms with van der Waals surface area (Å²) in [7, 11) is 0. The molecule has 4 atom stereocenters. The summed E-state index contributed by atoms with van der Waals surface area (Å²) in [6.07, 6.45) is 3.32. The SMILES string of the molecule is C#CC1(Nc2c(NC[C@H]3O[C@@H](n4cnc5c(=O)[nH]c(N)nc54)[C@H](O)[C@@H]3O)c(=O)c2=O)CC1. The number of nitrogens with zero attached hydrogens (tertiary/aromatic N) is 3. The highest BCUT2D eigenvalue weighted by Gasteiger charge is 2.45. The van der Waals surface area contributed by atoms with Gasteiger partial charge in [0.05, 0.1) is 11.9 Å². The van der Waals surface area contributed by atoms with Gasteiger partial charge in [-0.05, 0) is 12.8 Å². The number of nitrogens with two attached hydrogens (primary N) is 1. The number of ether oxygens (including phenoxy) is 1. The van der Waals surface area contributed by atoms with Crippen molar-refractivity contribution in [2.45, 2.75) is 42.9 Å². The van der Waals surface area contributed by atoms with Gasteiger partial charge in [0.25, 0.3) is 16.4 Å². The molecule has 0 radical (unpaired) electrons. The number of H-pyrrole nitrogens is 1. The number of rotatable bonds is 6. The van der Waals surface area contributed by atoms with Crippen LogP contribution in [0.2, 0.25) is 0 Å². The Morgan fingerprint density at radius 3 is 2.69 bits per heavy atom. The number of nitrogen functional groups attached to an aromatic ring is 1. The van der Waals surface area contributed by atoms with E-state index in [1.165, 1.54) is 10.9 Å². The van der Waals surface area contributed by atoms with Crippen LogP contribution in [0, 0.1) is 12.3 Å². The van der Waals surface area contributed by atoms with Gasteiger partial charge in [-0.15, -0.1) is 6.42 Å². The van der Waals surface area contributed by atoms with E-state index in [9.17, 15) is 24.6 Å². The highest BCUT2D eigenvalue weighted by atomic mass is 16.6. The summed E-state index contributed by atoms with van der Waals surface area (Å²) >= 11 is 0. The van der Waals surface area contributed by atoms with Crippen molar-refractivity contribution in [2.75, 3.05) is 22.9 Å². The van der Waals surface area contributed by atoms with E-state index in [2.05, 4.69) is 31.5 Å². The number of fused-ring (bicyclic) bond motifs is 1. The minimum absolute atomic E-state index is 0.00645. The van der Waals surface area contributed by atoms with E-state index in [0.717, 1.165) is 0 Å². The second-order valence-corrected chi connectivity index (χ2v) is 7.96. The van der Waals surface area contributed by atoms with Crippen LogP contribution < -0.4 is 32.8 Å². The van der Waals surface area contributed by atoms with E-state index in [1.54, 1.807) is 0 Å². The van der Waals surface area contributed by atoms with Crippen molar-refractivity contribution in [3.8, 4) is 12.3 Å². The standard InChI is InChI=1S/C19H19N7O6/c1-2-19(3-4-19)25-9-8(12(28)13(9)29)21-5-7-11(27)14(30)17(32-7)26-6-22-10-15(26)23-18(20)24-16(10)31/h1,6-7,11,14,17,21,25,27,30H,3-5H2,(H3,20,23,24,31)/t7-,11-,14-,17-/m1/s1. The zero-order valence-corrected chi connectivity index (χ0v) is 16.5. The zero-order chi connectivity index (χ0) is 22.8. The number of aromatic amines is 1. The summed E-state index contributed by atoms with van der Waals surface area (Å²) < 4.78 is 7.06. The first-order valence-electron chi connectivity index (χ1n) is 9.82. The third-order valence-electron chi connectivity index (χ3n) is 5.84. The van der Waals surface area contributed by atoms with Gasteiger partial charge in [0.1, 0.15) is 29.7 Å². The molecule has 166 valence electrons. The van der Waals surface area contributed by atoms with Gasteiger partial charge in [-0.3, -0.25) is 23.9 Å². The molecule has 13 heteroatoms. The van der Waals surface area contributed by atoms with Gasteiger partial charge in [0.2, 0.25) is 5.95 Å². The molecule has 3 heterocycles. The van der Waals surface area contributed by atoms with E-state index in [4.69, 9.17) is 16.9 Å². The lowest BCUT2D eigenvalue weighted by Crippen LogP contribution is -2.42. The van der Waals surface area contributed by atoms with Crippen LogP contribution in [0.5, 0.6) is 0 Å². The molecule has 0 unspecified atom stereocenters. The van der Waals surface area contributed by atoms with Gasteiger partial charge >= 0.3 is 0 Å². The molecule has 1 aliphatic carbocycles. The number of aliphatic hydroxyl groups excluding tert-OH is 2. The van der Waals surface area contributed by atoms with Gasteiger partial charge in [-0.25, -0.2) is 4.98 Å². The van der Waals surface area contributed by atoms with Crippen molar-refractivity contribution in [3.05, 3.63) is 37.1 Å². The molecule has 0 spiro atoms. The molecule has 2 aromatic heterocycles. The van der Waals surface area contributed by atoms with Crippen molar-refractivity contribution in [1.29, 1.82) is 0 Å². The van der Waals surface area contributed by atoms with Gasteiger partial charge in [0.15, 0.2) is 17.4 Å². The molecule has 1 aromatic carbocycles. The summed E-state index contributed by atoms with van der Waals surface area (Å²) in [6.45, 7) is -0.0832. The predicted molar refractivity (Wildman–Crippen MR) is 113 cm³/mol. The van der Waals surface area contributed by atoms with Crippen LogP contribution in [0.4, 0.5) is 17.3 Å². The molecule has 1 saturated carbocycles. The molecule has 1 aliphatic heterocycles. The number of anilines is 3. The fraction of sp³-hybridized carbons (Fsp3) is 0.421. The Hall–Kier alpha value is -3.73. The lowest BCUT2D eigenvalue weighted by atomic mass is 10.1. The number of terminal acetylenes is 1. The van der Waals surface area contributed by atoms with E-state index in [-0.39, 0.29) is 35.0 Å². The summed E-state index contributed by atoms with van der Waals surface area (Å²) in [6, 6.07) is 0. The van der Waals surface area contributed by atoms with Gasteiger partial charge in [-0.1, -0.05) is 5.92 Å². The third-order valence-corrected chi connectivity index (χ3v) is 5.84. The minimum Gasteiger partial charge on any atom is -0.387 e. The summed E-state index contributed by atoms with van der Waals surface area (Å²) in [5, 5.41) is 26.7. The molecule has 2 fully saturated rings. The van der Waals surface area contributed by atoms with Crippen LogP contribution in [-0.4, -0.2) is 60.1 Å². The van der Waals surface area contributed by atoms with Crippen molar-refractivity contribution >= 4 is 28.5 Å². The predicted octanol–water partition coefficient (Wildman–Crippen LogP) is -2.39. The van der Waals surface area contributed by atoms with E-state index in [1.807, 2.05) is 0 Å². The average Bonchev–Trinajstić information content (AvgIpc) is 3.35. The fourth-order valence-electron chi connectivity index (χ4n) is 3.81. The van der Waals surface area contributed by atoms with E-state index >= 15 is 0 Å². The van der Waals surface area contributed by atoms with Gasteiger partial charge < -0.3 is 31.3 Å². The highest BCUT2D eigenvalue weighted by molar-refractivity contribution is 5.76. The molecule has 0 amide bonds. The maximum atomic E-state index is 12.0. The molecular weight excluding hydrogens is 422 g/mol. The van der Waals surface area contributed by atoms with Crippen LogP contribution in [0.25, 0.3) is 11.2 Å². The first kappa shape index (κ1) is 20.2. The maximum Gasteiger partial charge on any atom is 0.280 e. The Morgan fingerprint density at radius 2 is 2.00 bits per heavy atom. The molecule has 3 aromatic rings. The van der Waals surface area contributed by atoms with Crippen LogP contribution in [0.15, 0.2) is 20.7 Å². The maximum absolute atomic E-state index is 12.0. The lowest BCUT2D eigenvalue weighted by molar-refractivity contribution is -0.0312. The highest BCUT2D eigenvalue weighted by Crippen LogP contribution is 2.39. The molecule has 7 N–H and O–H groups in total. The summed E-state index contributed by atoms with van der Waals surface area (Å²) in [4.78, 5) is 46.2. The van der Waals surface area contributed by atoms with Crippen molar-refractivity contribution < 1.29 is 14.9 Å². The quantitative estimate of drug-likeness (QED) is 0.176. The fourth-order valence-corrected chi connectivity index (χ4v) is 3.81. The molecule has 0 bridgehead atoms. The Morgan fingerprint density at radius 1 is 1.28 bits per heavy atom. The Bertz CT molecular complexity index is 1390. The second kappa shape index (κ2) is 6.89. The lowest BCUT2D eigenvalue weighted by Gasteiger charge is -2.21. The Balaban J connectivity index is 1.34. The zero-order valence-electron chi connectivity index (χ0n) is 16.5. The minimum atomic E-state index is -1.39. The number of hydrogen-bond donors (Lipinski definition) is 6. The van der Waals surface area contributed by atoms with Gasteiger partial charge in [0, 0.05) is 6.54 Å². The first-order valence-corrected chi connectivity index (χ1v) is 9.82. The monoisotopic (exact) mass is 441 g/mol. The number of imidazole rings is 1. The van der Waals surface area contributed by atoms with Crippen molar-refractivity contribution in [1.82, 2.24) is 19.5 Å². The van der Waals surface area contributed by atoms with E-state index < -0.39 is 46.5 Å². The largest absolute Gasteiger partial charge is 0.387 e. The molecule has 1 saturated heterocycles. The number of aromatic nitrogens is 4. The van der Waals surface area contributed by atoms with E-state index in [0.29, 0.717) is 12.8 Å².